The molecule has 3 aliphatic heterocycles. The van der Waals surface area contributed by atoms with E-state index in [2.05, 4.69) is 56.1 Å². The van der Waals surface area contributed by atoms with E-state index in [1.54, 1.807) is 0 Å². The number of fused-ring (bicyclic) bond motifs is 1. The van der Waals surface area contributed by atoms with Gasteiger partial charge in [0.2, 0.25) is 5.91 Å². The Morgan fingerprint density at radius 3 is 2.55 bits per heavy atom. The minimum absolute atomic E-state index is 0.0213. The van der Waals surface area contributed by atoms with Gasteiger partial charge >= 0.3 is 6.03 Å². The average Bonchev–Trinajstić information content (AvgIpc) is 2.84. The summed E-state index contributed by atoms with van der Waals surface area (Å²) in [6.07, 6.45) is 17.3. The van der Waals surface area contributed by atoms with Crippen molar-refractivity contribution in [2.75, 3.05) is 32.8 Å². The van der Waals surface area contributed by atoms with Crippen molar-refractivity contribution in [3.05, 3.63) is 60.3 Å². The first-order valence-electron chi connectivity index (χ1n) is 12.2. The van der Waals surface area contributed by atoms with Gasteiger partial charge in [-0.05, 0) is 51.5 Å². The zero-order valence-electron chi connectivity index (χ0n) is 20.3. The highest BCUT2D eigenvalue weighted by atomic mass is 16.5. The molecule has 180 valence electrons. The number of piperidine rings is 2. The quantitative estimate of drug-likeness (QED) is 0.612. The van der Waals surface area contributed by atoms with Gasteiger partial charge in [-0.3, -0.25) is 4.79 Å². The van der Waals surface area contributed by atoms with Gasteiger partial charge in [0.1, 0.15) is 6.61 Å². The standard InChI is InChI=1S/C27H39N3O3/c1-5-8-10-20(4)26(21(7-3)11-9-6-2)22-12-15-29(16-13-22)27(32)30-17-14-24-23(18-30)28-25(31)19-33-24/h5-11,22-24,26H,2,12-19H2,1,3-4H3,(H,28,31)/b8-5-,11-9-,20-10+,21-7+. The number of likely N-dealkylation sites (tertiary alicyclic amines) is 2. The number of hydrogen-bond acceptors (Lipinski definition) is 3. The van der Waals surface area contributed by atoms with Crippen molar-refractivity contribution in [1.82, 2.24) is 15.1 Å². The van der Waals surface area contributed by atoms with Crippen LogP contribution in [0.4, 0.5) is 4.79 Å². The Morgan fingerprint density at radius 1 is 1.15 bits per heavy atom. The maximum Gasteiger partial charge on any atom is 0.320 e. The smallest absolute Gasteiger partial charge is 0.320 e. The van der Waals surface area contributed by atoms with Crippen LogP contribution in [0.1, 0.15) is 40.0 Å². The lowest BCUT2D eigenvalue weighted by Gasteiger charge is -2.44. The van der Waals surface area contributed by atoms with Crippen molar-refractivity contribution in [3.8, 4) is 0 Å². The van der Waals surface area contributed by atoms with E-state index in [0.717, 1.165) is 32.4 Å². The third kappa shape index (κ3) is 6.26. The van der Waals surface area contributed by atoms with E-state index < -0.39 is 0 Å². The lowest BCUT2D eigenvalue weighted by molar-refractivity contribution is -0.139. The number of urea groups is 1. The number of allylic oxidation sites excluding steroid dienone is 9. The summed E-state index contributed by atoms with van der Waals surface area (Å²) < 4.78 is 5.63. The van der Waals surface area contributed by atoms with Crippen LogP contribution in [0.2, 0.25) is 0 Å². The predicted octanol–water partition coefficient (Wildman–Crippen LogP) is 4.23. The molecule has 0 aliphatic carbocycles. The van der Waals surface area contributed by atoms with Gasteiger partial charge in [0.25, 0.3) is 0 Å². The van der Waals surface area contributed by atoms with Crippen molar-refractivity contribution < 1.29 is 14.3 Å². The number of carbonyl (C=O) groups excluding carboxylic acids is 2. The lowest BCUT2D eigenvalue weighted by Crippen LogP contribution is -2.62. The van der Waals surface area contributed by atoms with E-state index in [1.165, 1.54) is 11.1 Å². The van der Waals surface area contributed by atoms with Crippen LogP contribution >= 0.6 is 0 Å². The molecule has 3 saturated heterocycles. The van der Waals surface area contributed by atoms with E-state index in [1.807, 2.05) is 28.9 Å². The maximum absolute atomic E-state index is 13.2. The maximum atomic E-state index is 13.2. The molecule has 3 atom stereocenters. The van der Waals surface area contributed by atoms with Crippen LogP contribution in [0, 0.1) is 11.8 Å². The second-order valence-corrected chi connectivity index (χ2v) is 9.16. The number of ether oxygens (including phenoxy) is 1. The molecule has 3 aliphatic rings. The van der Waals surface area contributed by atoms with Gasteiger partial charge in [0.15, 0.2) is 0 Å². The van der Waals surface area contributed by atoms with Gasteiger partial charge in [0, 0.05) is 32.1 Å². The molecular weight excluding hydrogens is 414 g/mol. The van der Waals surface area contributed by atoms with Crippen LogP contribution in [0.5, 0.6) is 0 Å². The van der Waals surface area contributed by atoms with Gasteiger partial charge in [-0.15, -0.1) is 0 Å². The molecule has 1 N–H and O–H groups in total. The Balaban J connectivity index is 1.64. The first-order valence-corrected chi connectivity index (χ1v) is 12.2. The molecule has 6 nitrogen and oxygen atoms in total. The summed E-state index contributed by atoms with van der Waals surface area (Å²) in [4.78, 5) is 28.8. The minimum Gasteiger partial charge on any atom is -0.366 e. The van der Waals surface area contributed by atoms with Crippen LogP contribution < -0.4 is 5.32 Å². The fraction of sp³-hybridized carbons (Fsp3) is 0.556. The Morgan fingerprint density at radius 2 is 1.88 bits per heavy atom. The number of hydrogen-bond donors (Lipinski definition) is 1. The molecule has 6 heteroatoms. The SMILES string of the molecule is C=C/C=C\C(=C/C)C(/C(C)=C/C=C\C)C1CCN(C(=O)N2CCC3OCC(=O)NC3C2)CC1. The van der Waals surface area contributed by atoms with E-state index >= 15 is 0 Å². The minimum atomic E-state index is -0.0980. The van der Waals surface area contributed by atoms with E-state index in [9.17, 15) is 9.59 Å². The topological polar surface area (TPSA) is 61.9 Å². The monoisotopic (exact) mass is 453 g/mol. The zero-order valence-corrected chi connectivity index (χ0v) is 20.3. The molecule has 0 aromatic carbocycles. The van der Waals surface area contributed by atoms with Crippen molar-refractivity contribution in [2.45, 2.75) is 52.2 Å². The molecule has 3 unspecified atom stereocenters. The highest BCUT2D eigenvalue weighted by molar-refractivity contribution is 5.79. The molecule has 3 fully saturated rings. The summed E-state index contributed by atoms with van der Waals surface area (Å²) in [5, 5.41) is 2.99. The highest BCUT2D eigenvalue weighted by Crippen LogP contribution is 2.36. The van der Waals surface area contributed by atoms with Crippen LogP contribution in [0.25, 0.3) is 0 Å². The highest BCUT2D eigenvalue weighted by Gasteiger charge is 2.38. The van der Waals surface area contributed by atoms with Crippen LogP contribution in [0.3, 0.4) is 0 Å². The van der Waals surface area contributed by atoms with Crippen molar-refractivity contribution >= 4 is 11.9 Å². The van der Waals surface area contributed by atoms with E-state index in [-0.39, 0.29) is 30.7 Å². The van der Waals surface area contributed by atoms with Gasteiger partial charge < -0.3 is 19.9 Å². The summed E-state index contributed by atoms with van der Waals surface area (Å²) in [5.41, 5.74) is 2.64. The molecule has 0 aromatic heterocycles. The molecule has 0 saturated carbocycles. The second-order valence-electron chi connectivity index (χ2n) is 9.16. The van der Waals surface area contributed by atoms with E-state index in [0.29, 0.717) is 24.9 Å². The van der Waals surface area contributed by atoms with Crippen LogP contribution in [0.15, 0.2) is 60.3 Å². The van der Waals surface area contributed by atoms with Gasteiger partial charge in [0.05, 0.1) is 12.1 Å². The number of rotatable bonds is 6. The summed E-state index contributed by atoms with van der Waals surface area (Å²) in [7, 11) is 0. The van der Waals surface area contributed by atoms with Crippen LogP contribution in [-0.4, -0.2) is 66.7 Å². The summed E-state index contributed by atoms with van der Waals surface area (Å²) in [6.45, 7) is 13.0. The summed E-state index contributed by atoms with van der Waals surface area (Å²) in [5.74, 6) is 0.710. The third-order valence-electron chi connectivity index (χ3n) is 7.04. The molecule has 3 amide bonds. The zero-order chi connectivity index (χ0) is 23.8. The third-order valence-corrected chi connectivity index (χ3v) is 7.04. The molecule has 0 aromatic rings. The molecule has 33 heavy (non-hydrogen) atoms. The van der Waals surface area contributed by atoms with Gasteiger partial charge in [-0.2, -0.15) is 0 Å². The fourth-order valence-electron chi connectivity index (χ4n) is 5.31. The number of nitrogens with zero attached hydrogens (tertiary/aromatic N) is 2. The lowest BCUT2D eigenvalue weighted by atomic mass is 9.75. The number of carbonyl (C=O) groups is 2. The number of amides is 3. The average molecular weight is 454 g/mol. The number of morpholine rings is 1. The van der Waals surface area contributed by atoms with Gasteiger partial charge in [-0.25, -0.2) is 4.79 Å². The Bertz CT molecular complexity index is 834. The Labute approximate surface area is 198 Å². The van der Waals surface area contributed by atoms with Crippen molar-refractivity contribution in [3.63, 3.8) is 0 Å². The van der Waals surface area contributed by atoms with E-state index in [4.69, 9.17) is 4.74 Å². The fourth-order valence-corrected chi connectivity index (χ4v) is 5.31. The summed E-state index contributed by atoms with van der Waals surface area (Å²) in [6, 6.07) is -0.0126. The van der Waals surface area contributed by atoms with Crippen molar-refractivity contribution in [2.24, 2.45) is 11.8 Å². The molecule has 0 radical (unpaired) electrons. The normalized spacial score (nSPS) is 26.5. The van der Waals surface area contributed by atoms with Gasteiger partial charge in [-0.1, -0.05) is 54.7 Å². The summed E-state index contributed by atoms with van der Waals surface area (Å²) >= 11 is 0. The molecule has 0 spiro atoms. The largest absolute Gasteiger partial charge is 0.366 e. The predicted molar refractivity (Wildman–Crippen MR) is 133 cm³/mol. The Kier molecular flexibility index (Phi) is 9.12. The Hall–Kier alpha value is -2.60. The van der Waals surface area contributed by atoms with Crippen molar-refractivity contribution in [1.29, 1.82) is 0 Å². The molecule has 0 bridgehead atoms. The number of nitrogens with one attached hydrogen (secondary N) is 1. The molecule has 3 rings (SSSR count). The molecular formula is C27H39N3O3. The first kappa shape index (κ1) is 25.0. The first-order chi connectivity index (χ1) is 16.0. The molecule has 3 heterocycles. The van der Waals surface area contributed by atoms with Crippen LogP contribution in [-0.2, 0) is 9.53 Å². The second kappa shape index (κ2) is 12.0.